The fourth-order valence-corrected chi connectivity index (χ4v) is 1.64. The standard InChI is InChI=1S/C13H16ClNO5/c1-8(16)12(13(18)19)15-11(17)6-7-20-10-5-3-2-4-9(10)14/h2-5,8,12,16H,6-7H2,1H3,(H,15,17)(H,18,19)/t8-,12+/m1/s1. The molecule has 1 rings (SSSR count). The number of aliphatic carboxylic acids is 1. The molecule has 6 nitrogen and oxygen atoms in total. The molecule has 0 saturated heterocycles. The molecule has 0 bridgehead atoms. The molecule has 20 heavy (non-hydrogen) atoms. The number of carbonyl (C=O) groups excluding carboxylic acids is 1. The lowest BCUT2D eigenvalue weighted by molar-refractivity contribution is -0.144. The quantitative estimate of drug-likeness (QED) is 0.700. The third-order valence-electron chi connectivity index (χ3n) is 2.49. The molecule has 0 aliphatic carbocycles. The highest BCUT2D eigenvalue weighted by Crippen LogP contribution is 2.22. The molecule has 110 valence electrons. The number of carboxylic acid groups (broad SMARTS) is 1. The molecule has 0 aromatic heterocycles. The number of halogens is 1. The lowest BCUT2D eigenvalue weighted by atomic mass is 10.2. The molecular formula is C13H16ClNO5. The van der Waals surface area contributed by atoms with Gasteiger partial charge in [0.2, 0.25) is 5.91 Å². The van der Waals surface area contributed by atoms with Crippen molar-refractivity contribution in [1.82, 2.24) is 5.32 Å². The van der Waals surface area contributed by atoms with Crippen molar-refractivity contribution in [3.63, 3.8) is 0 Å². The zero-order valence-corrected chi connectivity index (χ0v) is 11.6. The van der Waals surface area contributed by atoms with E-state index in [1.807, 2.05) is 0 Å². The van der Waals surface area contributed by atoms with Gasteiger partial charge in [-0.15, -0.1) is 0 Å². The number of benzene rings is 1. The molecule has 0 heterocycles. The first-order valence-corrected chi connectivity index (χ1v) is 6.37. The van der Waals surface area contributed by atoms with Crippen molar-refractivity contribution in [2.24, 2.45) is 0 Å². The van der Waals surface area contributed by atoms with Gasteiger partial charge in [0.15, 0.2) is 6.04 Å². The molecule has 0 saturated carbocycles. The maximum Gasteiger partial charge on any atom is 0.328 e. The summed E-state index contributed by atoms with van der Waals surface area (Å²) in [6.45, 7) is 1.35. The van der Waals surface area contributed by atoms with E-state index in [0.29, 0.717) is 10.8 Å². The topological polar surface area (TPSA) is 95.9 Å². The number of carboxylic acids is 1. The summed E-state index contributed by atoms with van der Waals surface area (Å²) in [6.07, 6.45) is -1.22. The van der Waals surface area contributed by atoms with E-state index in [0.717, 1.165) is 0 Å². The van der Waals surface area contributed by atoms with Crippen LogP contribution in [0.15, 0.2) is 24.3 Å². The Morgan fingerprint density at radius 3 is 2.60 bits per heavy atom. The maximum absolute atomic E-state index is 11.5. The lowest BCUT2D eigenvalue weighted by Crippen LogP contribution is -2.47. The predicted octanol–water partition coefficient (Wildman–Crippen LogP) is 1.06. The molecule has 0 fully saturated rings. The molecular weight excluding hydrogens is 286 g/mol. The fraction of sp³-hybridized carbons (Fsp3) is 0.385. The first-order chi connectivity index (χ1) is 9.41. The third kappa shape index (κ3) is 5.07. The van der Waals surface area contributed by atoms with Crippen molar-refractivity contribution in [2.75, 3.05) is 6.61 Å². The van der Waals surface area contributed by atoms with Gasteiger partial charge in [0.25, 0.3) is 0 Å². The number of carbonyl (C=O) groups is 2. The molecule has 1 aromatic carbocycles. The van der Waals surface area contributed by atoms with Crippen LogP contribution in [0.2, 0.25) is 5.02 Å². The summed E-state index contributed by atoms with van der Waals surface area (Å²) < 4.78 is 5.31. The average molecular weight is 302 g/mol. The summed E-state index contributed by atoms with van der Waals surface area (Å²) in [5.74, 6) is -1.36. The molecule has 0 radical (unpaired) electrons. The Labute approximate surface area is 121 Å². The second kappa shape index (κ2) is 7.72. The monoisotopic (exact) mass is 301 g/mol. The fourth-order valence-electron chi connectivity index (χ4n) is 1.45. The van der Waals surface area contributed by atoms with Gasteiger partial charge in [0.1, 0.15) is 5.75 Å². The maximum atomic E-state index is 11.5. The Kier molecular flexibility index (Phi) is 6.27. The normalized spacial score (nSPS) is 13.3. The first kappa shape index (κ1) is 16.3. The highest BCUT2D eigenvalue weighted by atomic mass is 35.5. The largest absolute Gasteiger partial charge is 0.491 e. The minimum Gasteiger partial charge on any atom is -0.491 e. The van der Waals surface area contributed by atoms with E-state index in [4.69, 9.17) is 21.4 Å². The van der Waals surface area contributed by atoms with Crippen LogP contribution >= 0.6 is 11.6 Å². The minimum absolute atomic E-state index is 0.0400. The van der Waals surface area contributed by atoms with Crippen molar-refractivity contribution in [3.8, 4) is 5.75 Å². The number of ether oxygens (including phenoxy) is 1. The number of rotatable bonds is 7. The number of aliphatic hydroxyl groups is 1. The van der Waals surface area contributed by atoms with Gasteiger partial charge in [0.05, 0.1) is 24.2 Å². The zero-order valence-electron chi connectivity index (χ0n) is 10.9. The highest BCUT2D eigenvalue weighted by molar-refractivity contribution is 6.32. The number of nitrogens with one attached hydrogen (secondary N) is 1. The van der Waals surface area contributed by atoms with Gasteiger partial charge in [-0.25, -0.2) is 4.79 Å². The molecule has 2 atom stereocenters. The Morgan fingerprint density at radius 2 is 2.05 bits per heavy atom. The van der Waals surface area contributed by atoms with Gasteiger partial charge >= 0.3 is 5.97 Å². The average Bonchev–Trinajstić information content (AvgIpc) is 2.37. The van der Waals surface area contributed by atoms with Crippen LogP contribution in [0.4, 0.5) is 0 Å². The molecule has 1 aromatic rings. The summed E-state index contributed by atoms with van der Waals surface area (Å²) in [7, 11) is 0. The van der Waals surface area contributed by atoms with E-state index in [-0.39, 0.29) is 13.0 Å². The van der Waals surface area contributed by atoms with Gasteiger partial charge in [-0.2, -0.15) is 0 Å². The summed E-state index contributed by atoms with van der Waals surface area (Å²) in [4.78, 5) is 22.3. The summed E-state index contributed by atoms with van der Waals surface area (Å²) in [6, 6.07) is 5.49. The van der Waals surface area contributed by atoms with Crippen molar-refractivity contribution >= 4 is 23.5 Å². The van der Waals surface area contributed by atoms with E-state index in [1.54, 1.807) is 24.3 Å². The minimum atomic E-state index is -1.33. The van der Waals surface area contributed by atoms with E-state index in [9.17, 15) is 14.7 Å². The SMILES string of the molecule is C[C@@H](O)[C@H](NC(=O)CCOc1ccccc1Cl)C(=O)O. The predicted molar refractivity (Wildman–Crippen MR) is 72.8 cm³/mol. The zero-order chi connectivity index (χ0) is 15.1. The second-order valence-electron chi connectivity index (χ2n) is 4.15. The van der Waals surface area contributed by atoms with Gasteiger partial charge in [0, 0.05) is 0 Å². The molecule has 0 unspecified atom stereocenters. The molecule has 0 aliphatic rings. The number of amides is 1. The third-order valence-corrected chi connectivity index (χ3v) is 2.80. The van der Waals surface area contributed by atoms with Gasteiger partial charge in [-0.1, -0.05) is 23.7 Å². The van der Waals surface area contributed by atoms with Crippen LogP contribution in [-0.4, -0.2) is 40.8 Å². The van der Waals surface area contributed by atoms with Crippen LogP contribution in [0, 0.1) is 0 Å². The summed E-state index contributed by atoms with van der Waals surface area (Å²) in [5.41, 5.74) is 0. The molecule has 3 N–H and O–H groups in total. The lowest BCUT2D eigenvalue weighted by Gasteiger charge is -2.17. The van der Waals surface area contributed by atoms with E-state index in [1.165, 1.54) is 6.92 Å². The number of para-hydroxylation sites is 1. The Bertz CT molecular complexity index is 478. The molecule has 1 amide bonds. The van der Waals surface area contributed by atoms with Crippen LogP contribution in [-0.2, 0) is 9.59 Å². The van der Waals surface area contributed by atoms with E-state index < -0.39 is 24.0 Å². The second-order valence-corrected chi connectivity index (χ2v) is 4.56. The Morgan fingerprint density at radius 1 is 1.40 bits per heavy atom. The molecule has 0 spiro atoms. The van der Waals surface area contributed by atoms with Crippen molar-refractivity contribution in [3.05, 3.63) is 29.3 Å². The molecule has 7 heteroatoms. The van der Waals surface area contributed by atoms with Crippen LogP contribution in [0.3, 0.4) is 0 Å². The van der Waals surface area contributed by atoms with Crippen LogP contribution in [0.5, 0.6) is 5.75 Å². The summed E-state index contributed by atoms with van der Waals surface area (Å²) >= 11 is 5.87. The number of aliphatic hydroxyl groups excluding tert-OH is 1. The Balaban J connectivity index is 2.40. The van der Waals surface area contributed by atoms with Gasteiger partial charge in [-0.3, -0.25) is 4.79 Å². The van der Waals surface area contributed by atoms with Crippen LogP contribution < -0.4 is 10.1 Å². The first-order valence-electron chi connectivity index (χ1n) is 5.99. The van der Waals surface area contributed by atoms with Gasteiger partial charge < -0.3 is 20.3 Å². The smallest absolute Gasteiger partial charge is 0.328 e. The van der Waals surface area contributed by atoms with E-state index in [2.05, 4.69) is 5.32 Å². The van der Waals surface area contributed by atoms with Crippen molar-refractivity contribution in [2.45, 2.75) is 25.5 Å². The number of hydrogen-bond acceptors (Lipinski definition) is 4. The number of hydrogen-bond donors (Lipinski definition) is 3. The van der Waals surface area contributed by atoms with Crippen molar-refractivity contribution in [1.29, 1.82) is 0 Å². The summed E-state index contributed by atoms with van der Waals surface area (Å²) in [5, 5.41) is 20.7. The Hall–Kier alpha value is -1.79. The molecule has 0 aliphatic heterocycles. The van der Waals surface area contributed by atoms with Gasteiger partial charge in [-0.05, 0) is 19.1 Å². The van der Waals surface area contributed by atoms with Crippen LogP contribution in [0.25, 0.3) is 0 Å². The van der Waals surface area contributed by atoms with E-state index >= 15 is 0 Å². The van der Waals surface area contributed by atoms with Crippen molar-refractivity contribution < 1.29 is 24.5 Å². The van der Waals surface area contributed by atoms with Crippen LogP contribution in [0.1, 0.15) is 13.3 Å². The highest BCUT2D eigenvalue weighted by Gasteiger charge is 2.24.